The van der Waals surface area contributed by atoms with E-state index in [1.165, 1.54) is 17.6 Å². The van der Waals surface area contributed by atoms with Crippen LogP contribution in [0.15, 0.2) is 34.7 Å². The molecule has 3 N–H and O–H groups in total. The minimum atomic E-state index is -2.52. The Hall–Kier alpha value is -2.22. The second kappa shape index (κ2) is 6.80. The number of rotatable bonds is 6. The monoisotopic (exact) mass is 298 g/mol. The molecule has 0 bridgehead atoms. The number of nitrogens with one attached hydrogen (secondary N) is 1. The molecule has 2 rings (SSSR count). The third-order valence-electron chi connectivity index (χ3n) is 2.17. The number of hydrazone groups is 1. The minimum Gasteiger partial charge on any atom is -0.487 e. The lowest BCUT2D eigenvalue weighted by Gasteiger charge is -2.07. The number of thiazole rings is 1. The molecule has 0 saturated heterocycles. The summed E-state index contributed by atoms with van der Waals surface area (Å²) < 4.78 is 29.3. The number of para-hydroxylation sites is 1. The van der Waals surface area contributed by atoms with Crippen LogP contribution in [0.2, 0.25) is 0 Å². The van der Waals surface area contributed by atoms with E-state index in [4.69, 9.17) is 10.5 Å². The number of anilines is 2. The van der Waals surface area contributed by atoms with Gasteiger partial charge in [0, 0.05) is 10.9 Å². The van der Waals surface area contributed by atoms with Gasteiger partial charge in [0.1, 0.15) is 18.2 Å². The Kier molecular flexibility index (Phi) is 4.83. The third-order valence-corrected chi connectivity index (χ3v) is 2.93. The first-order valence-corrected chi connectivity index (χ1v) is 6.53. The molecule has 0 unspecified atom stereocenters. The van der Waals surface area contributed by atoms with Crippen LogP contribution in [0.3, 0.4) is 0 Å². The largest absolute Gasteiger partial charge is 0.487 e. The van der Waals surface area contributed by atoms with E-state index >= 15 is 0 Å². The Morgan fingerprint density at radius 2 is 2.25 bits per heavy atom. The van der Waals surface area contributed by atoms with E-state index < -0.39 is 13.0 Å². The van der Waals surface area contributed by atoms with Crippen LogP contribution < -0.4 is 15.9 Å². The molecule has 0 saturated carbocycles. The third kappa shape index (κ3) is 4.16. The van der Waals surface area contributed by atoms with Gasteiger partial charge >= 0.3 is 0 Å². The maximum Gasteiger partial charge on any atom is 0.272 e. The lowest BCUT2D eigenvalue weighted by Crippen LogP contribution is -2.08. The van der Waals surface area contributed by atoms with Crippen LogP contribution in [0.25, 0.3) is 0 Å². The van der Waals surface area contributed by atoms with E-state index in [0.29, 0.717) is 22.3 Å². The molecule has 1 aromatic heterocycles. The van der Waals surface area contributed by atoms with Crippen LogP contribution in [0, 0.1) is 0 Å². The number of hydrogen-bond acceptors (Lipinski definition) is 6. The predicted octanol–water partition coefficient (Wildman–Crippen LogP) is 2.82. The van der Waals surface area contributed by atoms with Crippen molar-refractivity contribution in [2.75, 3.05) is 17.8 Å². The molecule has 0 aliphatic heterocycles. The van der Waals surface area contributed by atoms with Crippen LogP contribution in [-0.4, -0.2) is 24.2 Å². The number of nitrogen functional groups attached to an aromatic ring is 1. The summed E-state index contributed by atoms with van der Waals surface area (Å²) in [4.78, 5) is 3.96. The van der Waals surface area contributed by atoms with E-state index in [1.54, 1.807) is 29.6 Å². The molecule has 5 nitrogen and oxygen atoms in total. The fraction of sp³-hybridized carbons (Fsp3) is 0.167. The Balaban J connectivity index is 2.01. The van der Waals surface area contributed by atoms with Gasteiger partial charge in [-0.3, -0.25) is 5.43 Å². The van der Waals surface area contributed by atoms with Crippen LogP contribution in [-0.2, 0) is 0 Å². The molecule has 0 aliphatic rings. The molecule has 1 heterocycles. The average molecular weight is 298 g/mol. The maximum absolute atomic E-state index is 12.1. The molecule has 0 fully saturated rings. The van der Waals surface area contributed by atoms with Crippen LogP contribution in [0.4, 0.5) is 19.7 Å². The normalized spacial score (nSPS) is 11.2. The molecular weight excluding hydrogens is 286 g/mol. The van der Waals surface area contributed by atoms with Crippen LogP contribution >= 0.6 is 11.3 Å². The highest BCUT2D eigenvalue weighted by Crippen LogP contribution is 2.18. The zero-order chi connectivity index (χ0) is 14.4. The van der Waals surface area contributed by atoms with Gasteiger partial charge in [0.2, 0.25) is 5.13 Å². The SMILES string of the molecule is Nc1csc(NN=Cc2ccccc2OCC(F)F)n1. The zero-order valence-electron chi connectivity index (χ0n) is 10.3. The quantitative estimate of drug-likeness (QED) is 0.635. The second-order valence-corrected chi connectivity index (χ2v) is 4.55. The lowest BCUT2D eigenvalue weighted by molar-refractivity contribution is 0.0818. The number of aromatic nitrogens is 1. The van der Waals surface area contributed by atoms with Crippen molar-refractivity contribution in [1.29, 1.82) is 0 Å². The standard InChI is InChI=1S/C12H12F2N4OS/c13-10(14)6-19-9-4-2-1-3-8(9)5-16-18-12-17-11(15)7-20-12/h1-5,7,10H,6,15H2,(H,17,18). The molecule has 0 aliphatic carbocycles. The molecule has 2 aromatic rings. The van der Waals surface area contributed by atoms with Crippen molar-refractivity contribution in [3.63, 3.8) is 0 Å². The van der Waals surface area contributed by atoms with Crippen LogP contribution in [0.5, 0.6) is 5.75 Å². The van der Waals surface area contributed by atoms with Gasteiger partial charge in [0.15, 0.2) is 0 Å². The Morgan fingerprint density at radius 1 is 1.45 bits per heavy atom. The first kappa shape index (κ1) is 14.2. The van der Waals surface area contributed by atoms with Crippen molar-refractivity contribution in [2.45, 2.75) is 6.43 Å². The van der Waals surface area contributed by atoms with Gasteiger partial charge in [-0.05, 0) is 12.1 Å². The van der Waals surface area contributed by atoms with E-state index in [2.05, 4.69) is 15.5 Å². The number of nitrogens with zero attached hydrogens (tertiary/aromatic N) is 2. The summed E-state index contributed by atoms with van der Waals surface area (Å²) in [6.45, 7) is -0.651. The number of benzene rings is 1. The summed E-state index contributed by atoms with van der Waals surface area (Å²) in [6.07, 6.45) is -1.05. The van der Waals surface area contributed by atoms with Crippen molar-refractivity contribution < 1.29 is 13.5 Å². The summed E-state index contributed by atoms with van der Waals surface area (Å²) >= 11 is 1.31. The van der Waals surface area contributed by atoms with Gasteiger partial charge < -0.3 is 10.5 Å². The highest BCUT2D eigenvalue weighted by molar-refractivity contribution is 7.14. The molecule has 0 spiro atoms. The average Bonchev–Trinajstić information content (AvgIpc) is 2.83. The highest BCUT2D eigenvalue weighted by atomic mass is 32.1. The summed E-state index contributed by atoms with van der Waals surface area (Å²) in [6, 6.07) is 6.78. The molecule has 1 aromatic carbocycles. The zero-order valence-corrected chi connectivity index (χ0v) is 11.1. The van der Waals surface area contributed by atoms with E-state index in [-0.39, 0.29) is 0 Å². The van der Waals surface area contributed by atoms with Crippen molar-refractivity contribution in [2.24, 2.45) is 5.10 Å². The maximum atomic E-state index is 12.1. The van der Waals surface area contributed by atoms with Gasteiger partial charge in [0.25, 0.3) is 6.43 Å². The molecule has 20 heavy (non-hydrogen) atoms. The summed E-state index contributed by atoms with van der Waals surface area (Å²) in [5.74, 6) is 0.755. The number of halogens is 2. The van der Waals surface area contributed by atoms with Gasteiger partial charge in [-0.15, -0.1) is 11.3 Å². The van der Waals surface area contributed by atoms with Crippen molar-refractivity contribution >= 4 is 28.5 Å². The van der Waals surface area contributed by atoms with Gasteiger partial charge in [-0.1, -0.05) is 12.1 Å². The summed E-state index contributed by atoms with van der Waals surface area (Å²) in [5.41, 5.74) is 8.76. The topological polar surface area (TPSA) is 72.5 Å². The molecule has 0 amide bonds. The van der Waals surface area contributed by atoms with Crippen molar-refractivity contribution in [3.05, 3.63) is 35.2 Å². The fourth-order valence-electron chi connectivity index (χ4n) is 1.37. The van der Waals surface area contributed by atoms with Crippen molar-refractivity contribution in [1.82, 2.24) is 4.98 Å². The van der Waals surface area contributed by atoms with Gasteiger partial charge in [0.05, 0.1) is 6.21 Å². The number of nitrogens with two attached hydrogens (primary N) is 1. The Morgan fingerprint density at radius 3 is 2.95 bits per heavy atom. The lowest BCUT2D eigenvalue weighted by atomic mass is 10.2. The number of hydrogen-bond donors (Lipinski definition) is 2. The Labute approximate surface area is 118 Å². The first-order valence-electron chi connectivity index (χ1n) is 5.65. The van der Waals surface area contributed by atoms with E-state index in [1.807, 2.05) is 0 Å². The van der Waals surface area contributed by atoms with Crippen molar-refractivity contribution in [3.8, 4) is 5.75 Å². The molecule has 8 heteroatoms. The predicted molar refractivity (Wildman–Crippen MR) is 75.7 cm³/mol. The second-order valence-electron chi connectivity index (χ2n) is 3.69. The van der Waals surface area contributed by atoms with Gasteiger partial charge in [-0.25, -0.2) is 13.8 Å². The molecule has 0 radical (unpaired) electrons. The fourth-order valence-corrected chi connectivity index (χ4v) is 1.91. The van der Waals surface area contributed by atoms with Gasteiger partial charge in [-0.2, -0.15) is 5.10 Å². The smallest absolute Gasteiger partial charge is 0.272 e. The van der Waals surface area contributed by atoms with E-state index in [9.17, 15) is 8.78 Å². The summed E-state index contributed by atoms with van der Waals surface area (Å²) in [5, 5.41) is 6.19. The first-order chi connectivity index (χ1) is 9.65. The van der Waals surface area contributed by atoms with Crippen LogP contribution in [0.1, 0.15) is 5.56 Å². The highest BCUT2D eigenvalue weighted by Gasteiger charge is 2.06. The molecule has 0 atom stereocenters. The van der Waals surface area contributed by atoms with E-state index in [0.717, 1.165) is 0 Å². The number of alkyl halides is 2. The molecular formula is C12H12F2N4OS. The minimum absolute atomic E-state index is 0.344. The molecule has 106 valence electrons. The number of ether oxygens (including phenoxy) is 1. The summed E-state index contributed by atoms with van der Waals surface area (Å²) in [7, 11) is 0. The Bertz CT molecular complexity index is 588.